The summed E-state index contributed by atoms with van der Waals surface area (Å²) in [5.41, 5.74) is 1.93. The highest BCUT2D eigenvalue weighted by Crippen LogP contribution is 2.26. The second kappa shape index (κ2) is 12.6. The van der Waals surface area contributed by atoms with E-state index in [1.165, 1.54) is 37.3 Å². The maximum Gasteiger partial charge on any atom is 0.327 e. The average molecular weight is 516 g/mol. The van der Waals surface area contributed by atoms with Gasteiger partial charge in [0.05, 0.1) is 5.56 Å². The number of benzene rings is 1. The van der Waals surface area contributed by atoms with Crippen molar-refractivity contribution in [3.63, 3.8) is 0 Å². The van der Waals surface area contributed by atoms with E-state index in [1.54, 1.807) is 25.5 Å². The van der Waals surface area contributed by atoms with Crippen LogP contribution in [-0.4, -0.2) is 59.3 Å². The number of nitrogens with one attached hydrogen (secondary N) is 2. The van der Waals surface area contributed by atoms with Crippen LogP contribution in [0.2, 0.25) is 0 Å². The summed E-state index contributed by atoms with van der Waals surface area (Å²) in [6, 6.07) is 8.83. The normalized spacial score (nSPS) is 13.9. The number of urea groups is 1. The van der Waals surface area contributed by atoms with E-state index in [2.05, 4.69) is 42.5 Å². The van der Waals surface area contributed by atoms with Crippen LogP contribution in [0.25, 0.3) is 0 Å². The first-order valence-electron chi connectivity index (χ1n) is 13.2. The predicted molar refractivity (Wildman–Crippen MR) is 150 cm³/mol. The highest BCUT2D eigenvalue weighted by molar-refractivity contribution is 6.00. The molecule has 9 heteroatoms. The third kappa shape index (κ3) is 7.80. The molecule has 3 aromatic rings. The maximum atomic E-state index is 12.7. The van der Waals surface area contributed by atoms with Gasteiger partial charge in [0.2, 0.25) is 5.95 Å². The number of amides is 2. The predicted octanol–water partition coefficient (Wildman–Crippen LogP) is 5.12. The highest BCUT2D eigenvalue weighted by atomic mass is 16.5. The van der Waals surface area contributed by atoms with E-state index < -0.39 is 0 Å². The van der Waals surface area contributed by atoms with Crippen molar-refractivity contribution < 1.29 is 9.32 Å². The summed E-state index contributed by atoms with van der Waals surface area (Å²) in [5, 5.41) is 10.2. The minimum Gasteiger partial charge on any atom is -0.359 e. The summed E-state index contributed by atoms with van der Waals surface area (Å²) in [7, 11) is 1.65. The summed E-state index contributed by atoms with van der Waals surface area (Å²) in [5.74, 6) is 7.98. The number of hydrogen-bond acceptors (Lipinski definition) is 7. The number of carbonyl (C=O) groups is 1. The van der Waals surface area contributed by atoms with Crippen LogP contribution in [0, 0.1) is 11.8 Å². The smallest absolute Gasteiger partial charge is 0.327 e. The van der Waals surface area contributed by atoms with Crippen molar-refractivity contribution in [1.82, 2.24) is 20.0 Å². The van der Waals surface area contributed by atoms with Crippen molar-refractivity contribution in [2.75, 3.05) is 48.8 Å². The topological polar surface area (TPSA) is 99.4 Å². The molecular weight excluding hydrogens is 478 g/mol. The van der Waals surface area contributed by atoms with Gasteiger partial charge in [-0.3, -0.25) is 4.90 Å². The quantitative estimate of drug-likeness (QED) is 0.333. The Bertz CT molecular complexity index is 1260. The van der Waals surface area contributed by atoms with Gasteiger partial charge in [0.1, 0.15) is 5.76 Å². The number of carbonyl (C=O) groups excluding carboxylic acids is 1. The molecule has 2 amide bonds. The number of rotatable bonds is 7. The second-order valence-corrected chi connectivity index (χ2v) is 10.6. The third-order valence-electron chi connectivity index (χ3n) is 6.38. The molecular formula is C29H37N7O2. The largest absolute Gasteiger partial charge is 0.359 e. The number of aromatic nitrogens is 3. The van der Waals surface area contributed by atoms with Gasteiger partial charge in [-0.2, -0.15) is 0 Å². The van der Waals surface area contributed by atoms with Gasteiger partial charge in [-0.1, -0.05) is 50.3 Å². The lowest BCUT2D eigenvalue weighted by molar-refractivity contribution is 0.228. The zero-order chi connectivity index (χ0) is 27.0. The summed E-state index contributed by atoms with van der Waals surface area (Å²) in [6.07, 6.45) is 8.51. The maximum absolute atomic E-state index is 12.7. The average Bonchev–Trinajstić information content (AvgIpc) is 3.42. The molecule has 0 unspecified atom stereocenters. The second-order valence-electron chi connectivity index (χ2n) is 10.6. The van der Waals surface area contributed by atoms with Crippen LogP contribution in [0.1, 0.15) is 63.3 Å². The van der Waals surface area contributed by atoms with E-state index >= 15 is 0 Å². The fraction of sp³-hybridized carbons (Fsp3) is 0.448. The highest BCUT2D eigenvalue weighted by Gasteiger charge is 2.23. The Morgan fingerprint density at radius 3 is 2.53 bits per heavy atom. The third-order valence-corrected chi connectivity index (χ3v) is 6.38. The van der Waals surface area contributed by atoms with Crippen molar-refractivity contribution in [2.45, 2.75) is 51.9 Å². The first-order valence-corrected chi connectivity index (χ1v) is 13.2. The van der Waals surface area contributed by atoms with Gasteiger partial charge in [-0.05, 0) is 57.1 Å². The molecule has 0 spiro atoms. The first-order chi connectivity index (χ1) is 18.3. The van der Waals surface area contributed by atoms with Gasteiger partial charge in [0.25, 0.3) is 0 Å². The van der Waals surface area contributed by atoms with Gasteiger partial charge >= 0.3 is 6.03 Å². The van der Waals surface area contributed by atoms with Gasteiger partial charge in [0.15, 0.2) is 5.82 Å². The summed E-state index contributed by atoms with van der Waals surface area (Å²) < 4.78 is 5.39. The van der Waals surface area contributed by atoms with E-state index in [0.29, 0.717) is 23.2 Å². The Labute approximate surface area is 225 Å². The zero-order valence-corrected chi connectivity index (χ0v) is 22.8. The molecule has 38 heavy (non-hydrogen) atoms. The van der Waals surface area contributed by atoms with Crippen LogP contribution in [-0.2, 0) is 5.41 Å². The number of piperidine rings is 1. The molecule has 1 aliphatic rings. The first kappa shape index (κ1) is 27.1. The summed E-state index contributed by atoms with van der Waals surface area (Å²) in [4.78, 5) is 25.5. The molecule has 2 aromatic heterocycles. The molecule has 0 bridgehead atoms. The standard InChI is InChI=1S/C29H37N7O2/c1-29(2,3)25-19-26(34-38-25)35(4)28(37)33-24-11-8-10-22(18-24)12-13-23-20-31-27(32-21-23)30-14-9-17-36-15-6-5-7-16-36/h8,10-11,18-21H,5-7,9,14-17H2,1-4H3,(H,33,37)(H,30,31,32). The molecule has 3 heterocycles. The number of likely N-dealkylation sites (tertiary alicyclic amines) is 1. The fourth-order valence-electron chi connectivity index (χ4n) is 4.08. The SMILES string of the molecule is CN(C(=O)Nc1cccc(C#Cc2cnc(NCCCN3CCCCC3)nc2)c1)c1cc(C(C)(C)C)on1. The molecule has 0 radical (unpaired) electrons. The summed E-state index contributed by atoms with van der Waals surface area (Å²) in [6.45, 7) is 10.5. The monoisotopic (exact) mass is 515 g/mol. The molecule has 0 aliphatic carbocycles. The van der Waals surface area contributed by atoms with Crippen LogP contribution >= 0.6 is 0 Å². The van der Waals surface area contributed by atoms with Crippen LogP contribution in [0.5, 0.6) is 0 Å². The zero-order valence-electron chi connectivity index (χ0n) is 22.8. The van der Waals surface area contributed by atoms with Crippen molar-refractivity contribution >= 4 is 23.5 Å². The lowest BCUT2D eigenvalue weighted by Gasteiger charge is -2.26. The van der Waals surface area contributed by atoms with Crippen LogP contribution in [0.3, 0.4) is 0 Å². The van der Waals surface area contributed by atoms with Crippen molar-refractivity contribution in [3.8, 4) is 11.8 Å². The minimum absolute atomic E-state index is 0.190. The van der Waals surface area contributed by atoms with Crippen LogP contribution in [0.15, 0.2) is 47.2 Å². The van der Waals surface area contributed by atoms with E-state index in [4.69, 9.17) is 4.52 Å². The van der Waals surface area contributed by atoms with Gasteiger partial charge in [0, 0.05) is 48.7 Å². The Balaban J connectivity index is 1.28. The minimum atomic E-state index is -0.323. The lowest BCUT2D eigenvalue weighted by Crippen LogP contribution is -2.31. The molecule has 0 saturated carbocycles. The lowest BCUT2D eigenvalue weighted by atomic mass is 9.93. The molecule has 1 fully saturated rings. The molecule has 9 nitrogen and oxygen atoms in total. The van der Waals surface area contributed by atoms with Gasteiger partial charge in [-0.15, -0.1) is 0 Å². The molecule has 0 atom stereocenters. The van der Waals surface area contributed by atoms with Crippen LogP contribution < -0.4 is 15.5 Å². The number of hydrogen-bond donors (Lipinski definition) is 2. The Morgan fingerprint density at radius 1 is 1.08 bits per heavy atom. The Kier molecular flexibility index (Phi) is 8.98. The molecule has 200 valence electrons. The Morgan fingerprint density at radius 2 is 1.82 bits per heavy atom. The molecule has 2 N–H and O–H groups in total. The van der Waals surface area contributed by atoms with E-state index in [-0.39, 0.29) is 11.4 Å². The number of anilines is 3. The fourth-order valence-corrected chi connectivity index (χ4v) is 4.08. The van der Waals surface area contributed by atoms with E-state index in [1.807, 2.05) is 45.0 Å². The van der Waals surface area contributed by atoms with Crippen molar-refractivity contribution in [2.24, 2.45) is 0 Å². The number of nitrogens with zero attached hydrogens (tertiary/aromatic N) is 5. The summed E-state index contributed by atoms with van der Waals surface area (Å²) >= 11 is 0. The Hall–Kier alpha value is -3.90. The van der Waals surface area contributed by atoms with Crippen LogP contribution in [0.4, 0.5) is 22.2 Å². The van der Waals surface area contributed by atoms with Gasteiger partial charge < -0.3 is 20.1 Å². The molecule has 4 rings (SSSR count). The molecule has 1 aliphatic heterocycles. The van der Waals surface area contributed by atoms with Gasteiger partial charge in [-0.25, -0.2) is 14.8 Å². The van der Waals surface area contributed by atoms with E-state index in [0.717, 1.165) is 30.6 Å². The molecule has 1 saturated heterocycles. The van der Waals surface area contributed by atoms with Crippen molar-refractivity contribution in [3.05, 3.63) is 59.6 Å². The van der Waals surface area contributed by atoms with Crippen molar-refractivity contribution in [1.29, 1.82) is 0 Å². The van der Waals surface area contributed by atoms with E-state index in [9.17, 15) is 4.79 Å². The molecule has 1 aromatic carbocycles.